The van der Waals surface area contributed by atoms with Gasteiger partial charge in [-0.1, -0.05) is 12.1 Å². The van der Waals surface area contributed by atoms with E-state index in [1.165, 1.54) is 4.90 Å². The zero-order valence-corrected chi connectivity index (χ0v) is 10.3. The van der Waals surface area contributed by atoms with Gasteiger partial charge in [-0.15, -0.1) is 10.2 Å². The second kappa shape index (κ2) is 4.83. The summed E-state index contributed by atoms with van der Waals surface area (Å²) < 4.78 is 0. The van der Waals surface area contributed by atoms with Crippen LogP contribution in [-0.2, 0) is 0 Å². The number of carbonyl (C=O) groups excluding carboxylic acids is 1. The van der Waals surface area contributed by atoms with Crippen LogP contribution in [-0.4, -0.2) is 35.1 Å². The van der Waals surface area contributed by atoms with Gasteiger partial charge in [-0.25, -0.2) is 0 Å². The summed E-state index contributed by atoms with van der Waals surface area (Å²) in [5.41, 5.74) is 7.64. The molecule has 0 aliphatic carbocycles. The van der Waals surface area contributed by atoms with Gasteiger partial charge in [-0.2, -0.15) is 0 Å². The molecule has 0 bridgehead atoms. The Morgan fingerprint density at radius 1 is 1.17 bits per heavy atom. The van der Waals surface area contributed by atoms with Crippen LogP contribution in [0, 0.1) is 0 Å². The lowest BCUT2D eigenvalue weighted by molar-refractivity contribution is 0.0827. The summed E-state index contributed by atoms with van der Waals surface area (Å²) in [6.45, 7) is 0. The molecular formula is C13H14N4O. The maximum Gasteiger partial charge on any atom is 0.253 e. The molecule has 0 aliphatic heterocycles. The van der Waals surface area contributed by atoms with E-state index < -0.39 is 0 Å². The fraction of sp³-hybridized carbons (Fsp3) is 0.154. The topological polar surface area (TPSA) is 72.1 Å². The molecule has 18 heavy (non-hydrogen) atoms. The minimum Gasteiger partial charge on any atom is -0.382 e. The molecule has 0 spiro atoms. The highest BCUT2D eigenvalue weighted by Gasteiger charge is 2.09. The first kappa shape index (κ1) is 12.0. The molecule has 1 aromatic carbocycles. The molecule has 0 radical (unpaired) electrons. The number of carbonyl (C=O) groups is 1. The predicted octanol–water partition coefficient (Wildman–Crippen LogP) is 1.43. The lowest BCUT2D eigenvalue weighted by Crippen LogP contribution is -2.21. The van der Waals surface area contributed by atoms with E-state index in [9.17, 15) is 4.79 Å². The van der Waals surface area contributed by atoms with Crippen LogP contribution in [0.3, 0.4) is 0 Å². The maximum atomic E-state index is 11.9. The molecule has 92 valence electrons. The highest BCUT2D eigenvalue weighted by Crippen LogP contribution is 2.18. The van der Waals surface area contributed by atoms with Crippen LogP contribution in [0.2, 0.25) is 0 Å². The molecule has 0 saturated carbocycles. The van der Waals surface area contributed by atoms with Crippen LogP contribution < -0.4 is 5.73 Å². The van der Waals surface area contributed by atoms with Gasteiger partial charge in [0.2, 0.25) is 0 Å². The summed E-state index contributed by atoms with van der Waals surface area (Å²) in [6, 6.07) is 10.7. The number of nitrogens with zero attached hydrogens (tertiary/aromatic N) is 3. The standard InChI is InChI=1S/C13H14N4O/c1-17(2)13(18)10-5-3-4-9(8-10)11-6-7-12(14)16-15-11/h3-8H,1-2H3,(H2,14,16). The van der Waals surface area contributed by atoms with Crippen molar-refractivity contribution in [3.05, 3.63) is 42.0 Å². The van der Waals surface area contributed by atoms with Gasteiger partial charge in [0.05, 0.1) is 5.69 Å². The van der Waals surface area contributed by atoms with E-state index in [-0.39, 0.29) is 5.91 Å². The smallest absolute Gasteiger partial charge is 0.253 e. The lowest BCUT2D eigenvalue weighted by Gasteiger charge is -2.10. The number of rotatable bonds is 2. The van der Waals surface area contributed by atoms with E-state index in [0.29, 0.717) is 17.1 Å². The van der Waals surface area contributed by atoms with Crippen molar-refractivity contribution < 1.29 is 4.79 Å². The van der Waals surface area contributed by atoms with E-state index in [1.807, 2.05) is 12.1 Å². The molecule has 0 aliphatic rings. The van der Waals surface area contributed by atoms with Gasteiger partial charge in [-0.3, -0.25) is 4.79 Å². The fourth-order valence-electron chi connectivity index (χ4n) is 1.57. The fourth-order valence-corrected chi connectivity index (χ4v) is 1.57. The number of nitrogen functional groups attached to an aromatic ring is 1. The van der Waals surface area contributed by atoms with Crippen LogP contribution in [0.4, 0.5) is 5.82 Å². The first-order valence-electron chi connectivity index (χ1n) is 5.49. The van der Waals surface area contributed by atoms with Crippen molar-refractivity contribution in [1.82, 2.24) is 15.1 Å². The number of anilines is 1. The third kappa shape index (κ3) is 2.45. The minimum absolute atomic E-state index is 0.0414. The Morgan fingerprint density at radius 3 is 2.56 bits per heavy atom. The predicted molar refractivity (Wildman–Crippen MR) is 69.9 cm³/mol. The molecule has 0 unspecified atom stereocenters. The molecule has 1 heterocycles. The largest absolute Gasteiger partial charge is 0.382 e. The Labute approximate surface area is 105 Å². The van der Waals surface area contributed by atoms with E-state index in [0.717, 1.165) is 5.56 Å². The van der Waals surface area contributed by atoms with Crippen molar-refractivity contribution in [1.29, 1.82) is 0 Å². The summed E-state index contributed by atoms with van der Waals surface area (Å²) in [7, 11) is 3.44. The summed E-state index contributed by atoms with van der Waals surface area (Å²) in [6.07, 6.45) is 0. The molecule has 0 fully saturated rings. The summed E-state index contributed by atoms with van der Waals surface area (Å²) >= 11 is 0. The van der Waals surface area contributed by atoms with Crippen LogP contribution in [0.15, 0.2) is 36.4 Å². The second-order valence-corrected chi connectivity index (χ2v) is 4.12. The van der Waals surface area contributed by atoms with Crippen molar-refractivity contribution in [2.45, 2.75) is 0 Å². The second-order valence-electron chi connectivity index (χ2n) is 4.12. The molecule has 2 aromatic rings. The minimum atomic E-state index is -0.0414. The van der Waals surface area contributed by atoms with Crippen LogP contribution >= 0.6 is 0 Å². The average Bonchev–Trinajstić information content (AvgIpc) is 2.38. The van der Waals surface area contributed by atoms with E-state index >= 15 is 0 Å². The third-order valence-corrected chi connectivity index (χ3v) is 2.50. The van der Waals surface area contributed by atoms with E-state index in [4.69, 9.17) is 5.73 Å². The van der Waals surface area contributed by atoms with Gasteiger partial charge in [-0.05, 0) is 24.3 Å². The molecule has 1 aromatic heterocycles. The van der Waals surface area contributed by atoms with Gasteiger partial charge < -0.3 is 10.6 Å². The first-order valence-corrected chi connectivity index (χ1v) is 5.49. The van der Waals surface area contributed by atoms with Crippen LogP contribution in [0.25, 0.3) is 11.3 Å². The zero-order valence-electron chi connectivity index (χ0n) is 10.3. The average molecular weight is 242 g/mol. The number of nitrogens with two attached hydrogens (primary N) is 1. The molecule has 0 atom stereocenters. The van der Waals surface area contributed by atoms with Crippen molar-refractivity contribution in [2.24, 2.45) is 0 Å². The SMILES string of the molecule is CN(C)C(=O)c1cccc(-c2ccc(N)nn2)c1. The molecule has 2 rings (SSSR count). The third-order valence-electron chi connectivity index (χ3n) is 2.50. The van der Waals surface area contributed by atoms with E-state index in [1.54, 1.807) is 38.4 Å². The highest BCUT2D eigenvalue weighted by molar-refractivity contribution is 5.95. The quantitative estimate of drug-likeness (QED) is 0.864. The monoisotopic (exact) mass is 242 g/mol. The molecule has 2 N–H and O–H groups in total. The zero-order chi connectivity index (χ0) is 13.1. The molecule has 5 nitrogen and oxygen atoms in total. The number of hydrogen-bond acceptors (Lipinski definition) is 4. The number of benzene rings is 1. The Balaban J connectivity index is 2.38. The molecule has 0 saturated heterocycles. The Kier molecular flexibility index (Phi) is 3.23. The van der Waals surface area contributed by atoms with Crippen molar-refractivity contribution in [2.75, 3.05) is 19.8 Å². The van der Waals surface area contributed by atoms with Gasteiger partial charge in [0.25, 0.3) is 5.91 Å². The summed E-state index contributed by atoms with van der Waals surface area (Å²) in [5.74, 6) is 0.333. The maximum absolute atomic E-state index is 11.9. The lowest BCUT2D eigenvalue weighted by atomic mass is 10.1. The van der Waals surface area contributed by atoms with E-state index in [2.05, 4.69) is 10.2 Å². The number of aromatic nitrogens is 2. The summed E-state index contributed by atoms with van der Waals surface area (Å²) in [4.78, 5) is 13.4. The van der Waals surface area contributed by atoms with Crippen molar-refractivity contribution in [3.8, 4) is 11.3 Å². The Bertz CT molecular complexity index is 563. The molecule has 5 heteroatoms. The van der Waals surface area contributed by atoms with Gasteiger partial charge in [0, 0.05) is 25.2 Å². The number of amides is 1. The first-order chi connectivity index (χ1) is 8.58. The number of hydrogen-bond donors (Lipinski definition) is 1. The van der Waals surface area contributed by atoms with Gasteiger partial charge in [0.1, 0.15) is 5.82 Å². The Hall–Kier alpha value is -2.43. The van der Waals surface area contributed by atoms with Crippen molar-refractivity contribution in [3.63, 3.8) is 0 Å². The summed E-state index contributed by atoms with van der Waals surface area (Å²) in [5, 5.41) is 7.79. The Morgan fingerprint density at radius 2 is 1.94 bits per heavy atom. The molecular weight excluding hydrogens is 228 g/mol. The van der Waals surface area contributed by atoms with Gasteiger partial charge in [0.15, 0.2) is 0 Å². The van der Waals surface area contributed by atoms with Crippen LogP contribution in [0.1, 0.15) is 10.4 Å². The van der Waals surface area contributed by atoms with Crippen molar-refractivity contribution >= 4 is 11.7 Å². The van der Waals surface area contributed by atoms with Crippen LogP contribution in [0.5, 0.6) is 0 Å². The normalized spacial score (nSPS) is 10.1. The van der Waals surface area contributed by atoms with Gasteiger partial charge >= 0.3 is 0 Å². The highest BCUT2D eigenvalue weighted by atomic mass is 16.2. The molecule has 1 amide bonds.